The molecule has 1 aliphatic heterocycles. The number of rotatable bonds is 7. The van der Waals surface area contributed by atoms with E-state index in [1.54, 1.807) is 32.4 Å². The highest BCUT2D eigenvalue weighted by atomic mass is 16.5. The van der Waals surface area contributed by atoms with E-state index in [0.29, 0.717) is 42.4 Å². The van der Waals surface area contributed by atoms with E-state index in [2.05, 4.69) is 22.0 Å². The van der Waals surface area contributed by atoms with E-state index in [-0.39, 0.29) is 5.91 Å². The monoisotopic (exact) mass is 501 g/mol. The molecule has 0 atom stereocenters. The average Bonchev–Trinajstić information content (AvgIpc) is 3.21. The van der Waals surface area contributed by atoms with E-state index in [1.165, 1.54) is 0 Å². The molecule has 4 aromatic rings. The van der Waals surface area contributed by atoms with Gasteiger partial charge in [-0.15, -0.1) is 0 Å². The second-order valence-electron chi connectivity index (χ2n) is 9.02. The molecule has 0 N–H and O–H groups in total. The van der Waals surface area contributed by atoms with Gasteiger partial charge in [0.15, 0.2) is 0 Å². The van der Waals surface area contributed by atoms with Crippen molar-refractivity contribution in [3.63, 3.8) is 0 Å². The van der Waals surface area contributed by atoms with Gasteiger partial charge >= 0.3 is 0 Å². The fourth-order valence-corrected chi connectivity index (χ4v) is 4.68. The van der Waals surface area contributed by atoms with Gasteiger partial charge in [-0.1, -0.05) is 42.4 Å². The first kappa shape index (κ1) is 24.5. The molecule has 1 fully saturated rings. The molecule has 0 radical (unpaired) electrons. The Morgan fingerprint density at radius 1 is 0.973 bits per heavy atom. The lowest BCUT2D eigenvalue weighted by molar-refractivity contribution is 0.0766. The summed E-state index contributed by atoms with van der Waals surface area (Å²) >= 11 is 0. The Kier molecular flexibility index (Phi) is 7.20. The lowest BCUT2D eigenvalue weighted by atomic mass is 10.1. The highest BCUT2D eigenvalue weighted by Crippen LogP contribution is 2.34. The number of carbonyl (C=O) groups is 1. The Balaban J connectivity index is 1.46. The zero-order valence-electron chi connectivity index (χ0n) is 21.4. The number of benzene rings is 2. The van der Waals surface area contributed by atoms with Gasteiger partial charge in [-0.25, -0.2) is 4.98 Å². The number of ether oxygens (including phenoxy) is 2. The summed E-state index contributed by atoms with van der Waals surface area (Å²) in [6, 6.07) is 15.2. The first-order chi connectivity index (χ1) is 18.1. The minimum Gasteiger partial charge on any atom is -0.497 e. The molecule has 0 spiro atoms. The number of hydrogen-bond acceptors (Lipinski definition) is 8. The number of carbonyl (C=O) groups excluding carboxylic acids is 1. The summed E-state index contributed by atoms with van der Waals surface area (Å²) < 4.78 is 16.4. The van der Waals surface area contributed by atoms with Crippen LogP contribution in [-0.2, 0) is 6.42 Å². The molecule has 0 saturated carbocycles. The normalized spacial score (nSPS) is 14.0. The summed E-state index contributed by atoms with van der Waals surface area (Å²) in [6.07, 6.45) is 2.48. The molecule has 1 aliphatic rings. The highest BCUT2D eigenvalue weighted by molar-refractivity contribution is 5.98. The van der Waals surface area contributed by atoms with Crippen molar-refractivity contribution in [3.05, 3.63) is 59.9 Å². The van der Waals surface area contributed by atoms with Crippen molar-refractivity contribution in [3.8, 4) is 22.8 Å². The van der Waals surface area contributed by atoms with Crippen LogP contribution in [0.1, 0.15) is 35.9 Å². The van der Waals surface area contributed by atoms with Crippen molar-refractivity contribution < 1.29 is 18.8 Å². The Morgan fingerprint density at radius 2 is 1.73 bits per heavy atom. The first-order valence-electron chi connectivity index (χ1n) is 12.6. The predicted octanol–water partition coefficient (Wildman–Crippen LogP) is 4.61. The van der Waals surface area contributed by atoms with Crippen LogP contribution in [0.5, 0.6) is 11.5 Å². The second-order valence-corrected chi connectivity index (χ2v) is 9.02. The number of hydrogen-bond donors (Lipinski definition) is 0. The summed E-state index contributed by atoms with van der Waals surface area (Å²) in [5.74, 6) is 2.68. The van der Waals surface area contributed by atoms with E-state index in [0.717, 1.165) is 54.1 Å². The van der Waals surface area contributed by atoms with Gasteiger partial charge in [-0.3, -0.25) is 4.79 Å². The molecular formula is C28H31N5O4. The molecule has 0 bridgehead atoms. The van der Waals surface area contributed by atoms with Crippen molar-refractivity contribution in [1.29, 1.82) is 0 Å². The van der Waals surface area contributed by atoms with E-state index in [9.17, 15) is 4.79 Å². The van der Waals surface area contributed by atoms with E-state index in [1.807, 2.05) is 35.2 Å². The van der Waals surface area contributed by atoms with Gasteiger partial charge in [0.05, 0.1) is 14.2 Å². The Labute approximate surface area is 216 Å². The van der Waals surface area contributed by atoms with Crippen LogP contribution in [-0.4, -0.2) is 66.3 Å². The zero-order chi connectivity index (χ0) is 25.8. The maximum Gasteiger partial charge on any atom is 0.263 e. The van der Waals surface area contributed by atoms with Crippen molar-refractivity contribution >= 4 is 22.8 Å². The lowest BCUT2D eigenvalue weighted by Crippen LogP contribution is -2.35. The zero-order valence-corrected chi connectivity index (χ0v) is 21.4. The van der Waals surface area contributed by atoms with Gasteiger partial charge in [0.2, 0.25) is 0 Å². The van der Waals surface area contributed by atoms with Crippen LogP contribution < -0.4 is 14.4 Å². The molecule has 1 saturated heterocycles. The van der Waals surface area contributed by atoms with Gasteiger partial charge in [0.25, 0.3) is 11.6 Å². The molecule has 2 aromatic heterocycles. The fourth-order valence-electron chi connectivity index (χ4n) is 4.68. The quantitative estimate of drug-likeness (QED) is 0.363. The summed E-state index contributed by atoms with van der Waals surface area (Å²) in [5, 5.41) is 5.18. The number of anilines is 1. The Hall–Kier alpha value is -4.14. The van der Waals surface area contributed by atoms with E-state index >= 15 is 0 Å². The van der Waals surface area contributed by atoms with Gasteiger partial charge in [-0.05, 0) is 25.0 Å². The molecule has 0 unspecified atom stereocenters. The summed E-state index contributed by atoms with van der Waals surface area (Å²) in [4.78, 5) is 27.2. The average molecular weight is 502 g/mol. The van der Waals surface area contributed by atoms with Crippen molar-refractivity contribution in [2.75, 3.05) is 45.3 Å². The first-order valence-corrected chi connectivity index (χ1v) is 12.6. The SMILES string of the molecule is CCCc1nc(N2CCCN(C(=O)c3cc(OC)cc(OC)c3)CC2)c2c(-c3ccccc3)noc2n1. The Bertz CT molecular complexity index is 1370. The standard InChI is InChI=1S/C28H31N5O4/c1-4-9-23-29-26(24-25(31-37-27(24)30-23)19-10-6-5-7-11-19)32-12-8-13-33(15-14-32)28(34)20-16-21(35-2)18-22(17-20)36-3/h5-7,10-11,16-18H,4,8-9,12-15H2,1-3H3. The van der Waals surface area contributed by atoms with E-state index in [4.69, 9.17) is 19.0 Å². The Morgan fingerprint density at radius 3 is 2.43 bits per heavy atom. The topological polar surface area (TPSA) is 93.8 Å². The van der Waals surface area contributed by atoms with Gasteiger partial charge in [0, 0.05) is 49.8 Å². The molecule has 5 rings (SSSR count). The summed E-state index contributed by atoms with van der Waals surface area (Å²) in [5.41, 5.74) is 2.72. The molecule has 9 nitrogen and oxygen atoms in total. The van der Waals surface area contributed by atoms with Crippen LogP contribution >= 0.6 is 0 Å². The third kappa shape index (κ3) is 5.07. The predicted molar refractivity (Wildman–Crippen MR) is 141 cm³/mol. The maximum absolute atomic E-state index is 13.4. The number of nitrogens with zero attached hydrogens (tertiary/aromatic N) is 5. The largest absolute Gasteiger partial charge is 0.497 e. The molecule has 2 aromatic carbocycles. The third-order valence-corrected chi connectivity index (χ3v) is 6.57. The summed E-state index contributed by atoms with van der Waals surface area (Å²) in [6.45, 7) is 4.68. The number of fused-ring (bicyclic) bond motifs is 1. The third-order valence-electron chi connectivity index (χ3n) is 6.57. The number of aryl methyl sites for hydroxylation is 1. The lowest BCUT2D eigenvalue weighted by Gasteiger charge is -2.24. The van der Waals surface area contributed by atoms with Crippen molar-refractivity contribution in [2.45, 2.75) is 26.2 Å². The van der Waals surface area contributed by atoms with Gasteiger partial charge in [-0.2, -0.15) is 4.98 Å². The number of amides is 1. The van der Waals surface area contributed by atoms with Crippen LogP contribution in [0, 0.1) is 0 Å². The van der Waals surface area contributed by atoms with Gasteiger partial charge < -0.3 is 23.8 Å². The van der Waals surface area contributed by atoms with Crippen LogP contribution in [0.4, 0.5) is 5.82 Å². The van der Waals surface area contributed by atoms with Crippen LogP contribution in [0.15, 0.2) is 53.1 Å². The summed E-state index contributed by atoms with van der Waals surface area (Å²) in [7, 11) is 3.16. The number of methoxy groups -OCH3 is 2. The van der Waals surface area contributed by atoms with Crippen LogP contribution in [0.25, 0.3) is 22.4 Å². The van der Waals surface area contributed by atoms with E-state index < -0.39 is 0 Å². The maximum atomic E-state index is 13.4. The molecular weight excluding hydrogens is 470 g/mol. The molecule has 1 amide bonds. The van der Waals surface area contributed by atoms with Crippen molar-refractivity contribution in [1.82, 2.24) is 20.0 Å². The van der Waals surface area contributed by atoms with Crippen LogP contribution in [0.2, 0.25) is 0 Å². The molecule has 192 valence electrons. The minimum atomic E-state index is -0.0477. The molecule has 3 heterocycles. The van der Waals surface area contributed by atoms with Crippen molar-refractivity contribution in [2.24, 2.45) is 0 Å². The minimum absolute atomic E-state index is 0.0477. The fraction of sp³-hybridized carbons (Fsp3) is 0.357. The van der Waals surface area contributed by atoms with Crippen LogP contribution in [0.3, 0.4) is 0 Å². The molecule has 37 heavy (non-hydrogen) atoms. The highest BCUT2D eigenvalue weighted by Gasteiger charge is 2.26. The second kappa shape index (κ2) is 10.9. The smallest absolute Gasteiger partial charge is 0.263 e. The van der Waals surface area contributed by atoms with Gasteiger partial charge in [0.1, 0.15) is 34.2 Å². The molecule has 9 heteroatoms. The molecule has 0 aliphatic carbocycles. The number of aromatic nitrogens is 3.